The molecule has 0 saturated heterocycles. The lowest BCUT2D eigenvalue weighted by atomic mass is 10.0. The molecule has 33 heavy (non-hydrogen) atoms. The molecule has 1 unspecified atom stereocenters. The average molecular weight is 445 g/mol. The fourth-order valence-electron chi connectivity index (χ4n) is 4.15. The average Bonchev–Trinajstić information content (AvgIpc) is 3.16. The number of benzene rings is 3. The molecule has 4 rings (SSSR count). The summed E-state index contributed by atoms with van der Waals surface area (Å²) in [4.78, 5) is 27.6. The summed E-state index contributed by atoms with van der Waals surface area (Å²) in [6, 6.07) is 25.0. The molecular weight excluding hydrogens is 416 g/mol. The number of carbonyl (C=O) groups excluding carboxylic acids is 1. The van der Waals surface area contributed by atoms with Crippen molar-refractivity contribution in [1.82, 2.24) is 9.47 Å². The second-order valence-corrected chi connectivity index (χ2v) is 8.11. The van der Waals surface area contributed by atoms with Gasteiger partial charge in [0.1, 0.15) is 5.75 Å². The van der Waals surface area contributed by atoms with E-state index in [1.54, 1.807) is 13.2 Å². The zero-order valence-electron chi connectivity index (χ0n) is 18.9. The zero-order valence-corrected chi connectivity index (χ0v) is 18.9. The van der Waals surface area contributed by atoms with E-state index in [1.165, 1.54) is 4.57 Å². The fraction of sp³-hybridized carbons (Fsp3) is 0.259. The van der Waals surface area contributed by atoms with E-state index in [4.69, 9.17) is 9.15 Å². The number of oxazole rings is 1. The third-order valence-corrected chi connectivity index (χ3v) is 5.88. The highest BCUT2D eigenvalue weighted by Crippen LogP contribution is 2.22. The van der Waals surface area contributed by atoms with E-state index in [9.17, 15) is 9.59 Å². The minimum atomic E-state index is -0.444. The number of nitrogens with zero attached hydrogens (tertiary/aromatic N) is 2. The number of fused-ring (bicyclic) bond motifs is 1. The van der Waals surface area contributed by atoms with Gasteiger partial charge in [-0.05, 0) is 42.7 Å². The molecule has 0 aliphatic heterocycles. The third-order valence-electron chi connectivity index (χ3n) is 5.88. The first-order valence-electron chi connectivity index (χ1n) is 11.1. The number of aromatic nitrogens is 1. The van der Waals surface area contributed by atoms with Gasteiger partial charge in [0, 0.05) is 25.6 Å². The van der Waals surface area contributed by atoms with Gasteiger partial charge in [0.15, 0.2) is 5.58 Å². The molecule has 3 aromatic carbocycles. The predicted molar refractivity (Wildman–Crippen MR) is 128 cm³/mol. The van der Waals surface area contributed by atoms with Crippen molar-refractivity contribution >= 4 is 17.0 Å². The molecule has 0 fully saturated rings. The lowest BCUT2D eigenvalue weighted by molar-refractivity contribution is -0.134. The molecule has 0 aliphatic carbocycles. The van der Waals surface area contributed by atoms with Crippen LogP contribution in [-0.2, 0) is 24.3 Å². The molecule has 1 atom stereocenters. The number of rotatable bonds is 9. The van der Waals surface area contributed by atoms with Gasteiger partial charge in [0.2, 0.25) is 5.91 Å². The summed E-state index contributed by atoms with van der Waals surface area (Å²) >= 11 is 0. The second-order valence-electron chi connectivity index (χ2n) is 8.11. The number of aryl methyl sites for hydroxylation is 1. The van der Waals surface area contributed by atoms with Crippen LogP contribution in [0.25, 0.3) is 11.1 Å². The predicted octanol–water partition coefficient (Wildman–Crippen LogP) is 4.65. The van der Waals surface area contributed by atoms with E-state index in [2.05, 4.69) is 0 Å². The number of methoxy groups -OCH3 is 1. The van der Waals surface area contributed by atoms with Gasteiger partial charge in [0.25, 0.3) is 0 Å². The molecule has 0 N–H and O–H groups in total. The highest BCUT2D eigenvalue weighted by atomic mass is 16.5. The van der Waals surface area contributed by atoms with Crippen molar-refractivity contribution in [2.45, 2.75) is 38.9 Å². The van der Waals surface area contributed by atoms with Crippen LogP contribution in [0.2, 0.25) is 0 Å². The first kappa shape index (κ1) is 22.4. The summed E-state index contributed by atoms with van der Waals surface area (Å²) in [6.07, 6.45) is 0.865. The SMILES string of the molecule is COc1ccccc1CC(C)N(Cc1ccccc1)C(=O)CCn1c(=O)oc2ccccc21. The van der Waals surface area contributed by atoms with Crippen LogP contribution in [0, 0.1) is 0 Å². The smallest absolute Gasteiger partial charge is 0.419 e. The van der Waals surface area contributed by atoms with Crippen molar-refractivity contribution in [3.63, 3.8) is 0 Å². The van der Waals surface area contributed by atoms with Crippen LogP contribution in [0.1, 0.15) is 24.5 Å². The lowest BCUT2D eigenvalue weighted by Crippen LogP contribution is -2.40. The van der Waals surface area contributed by atoms with Gasteiger partial charge in [-0.2, -0.15) is 0 Å². The van der Waals surface area contributed by atoms with Crippen molar-refractivity contribution in [2.75, 3.05) is 7.11 Å². The van der Waals surface area contributed by atoms with E-state index in [1.807, 2.05) is 84.6 Å². The van der Waals surface area contributed by atoms with Crippen LogP contribution in [0.3, 0.4) is 0 Å². The second kappa shape index (κ2) is 10.2. The molecule has 0 aliphatic rings. The molecule has 1 aromatic heterocycles. The Hall–Kier alpha value is -3.80. The summed E-state index contributed by atoms with van der Waals surface area (Å²) in [6.45, 7) is 2.81. The molecule has 0 bridgehead atoms. The summed E-state index contributed by atoms with van der Waals surface area (Å²) in [5, 5.41) is 0. The number of amides is 1. The molecule has 4 aromatic rings. The summed E-state index contributed by atoms with van der Waals surface area (Å²) in [5.74, 6) is 0.354. The molecule has 6 nitrogen and oxygen atoms in total. The molecule has 6 heteroatoms. The van der Waals surface area contributed by atoms with Crippen LogP contribution in [0.15, 0.2) is 88.1 Å². The molecule has 1 amide bonds. The largest absolute Gasteiger partial charge is 0.496 e. The van der Waals surface area contributed by atoms with E-state index in [0.717, 1.165) is 16.9 Å². The third kappa shape index (κ3) is 5.17. The van der Waals surface area contributed by atoms with Gasteiger partial charge in [0.05, 0.1) is 12.6 Å². The number of hydrogen-bond donors (Lipinski definition) is 0. The van der Waals surface area contributed by atoms with Gasteiger partial charge < -0.3 is 14.1 Å². The summed E-state index contributed by atoms with van der Waals surface area (Å²) in [5.41, 5.74) is 3.34. The van der Waals surface area contributed by atoms with Gasteiger partial charge >= 0.3 is 5.76 Å². The standard InChI is InChI=1S/C27H28N2O4/c1-20(18-22-12-6-8-14-24(22)32-2)29(19-21-10-4-3-5-11-21)26(30)16-17-28-23-13-7-9-15-25(23)33-27(28)31/h3-15,20H,16-19H2,1-2H3. The quantitative estimate of drug-likeness (QED) is 0.377. The Labute approximate surface area is 193 Å². The Morgan fingerprint density at radius 1 is 1.00 bits per heavy atom. The monoisotopic (exact) mass is 444 g/mol. The Morgan fingerprint density at radius 2 is 1.70 bits per heavy atom. The topological polar surface area (TPSA) is 64.7 Å². The van der Waals surface area contributed by atoms with Crippen molar-refractivity contribution in [3.8, 4) is 5.75 Å². The van der Waals surface area contributed by atoms with Crippen LogP contribution >= 0.6 is 0 Å². The van der Waals surface area contributed by atoms with Crippen LogP contribution in [0.5, 0.6) is 5.75 Å². The lowest BCUT2D eigenvalue weighted by Gasteiger charge is -2.30. The Balaban J connectivity index is 1.55. The van der Waals surface area contributed by atoms with E-state index >= 15 is 0 Å². The van der Waals surface area contributed by atoms with Crippen molar-refractivity contribution in [3.05, 3.63) is 101 Å². The maximum atomic E-state index is 13.4. The maximum Gasteiger partial charge on any atom is 0.419 e. The number of carbonyl (C=O) groups is 1. The van der Waals surface area contributed by atoms with Crippen LogP contribution in [-0.4, -0.2) is 28.5 Å². The van der Waals surface area contributed by atoms with Gasteiger partial charge in [-0.1, -0.05) is 60.7 Å². The first-order valence-corrected chi connectivity index (χ1v) is 11.1. The van der Waals surface area contributed by atoms with Crippen molar-refractivity contribution < 1.29 is 13.9 Å². The van der Waals surface area contributed by atoms with Gasteiger partial charge in [-0.15, -0.1) is 0 Å². The van der Waals surface area contributed by atoms with E-state index in [-0.39, 0.29) is 24.9 Å². The zero-order chi connectivity index (χ0) is 23.2. The highest BCUT2D eigenvalue weighted by Gasteiger charge is 2.22. The number of para-hydroxylation sites is 3. The molecular formula is C27H28N2O4. The maximum absolute atomic E-state index is 13.4. The number of ether oxygens (including phenoxy) is 1. The fourth-order valence-corrected chi connectivity index (χ4v) is 4.15. The molecule has 0 spiro atoms. The molecule has 0 radical (unpaired) electrons. The van der Waals surface area contributed by atoms with Crippen LogP contribution in [0.4, 0.5) is 0 Å². The minimum Gasteiger partial charge on any atom is -0.496 e. The summed E-state index contributed by atoms with van der Waals surface area (Å²) in [7, 11) is 1.66. The summed E-state index contributed by atoms with van der Waals surface area (Å²) < 4.78 is 12.3. The Kier molecular flexibility index (Phi) is 6.93. The first-order chi connectivity index (χ1) is 16.1. The normalized spacial score (nSPS) is 11.9. The van der Waals surface area contributed by atoms with E-state index < -0.39 is 5.76 Å². The molecule has 170 valence electrons. The van der Waals surface area contributed by atoms with Gasteiger partial charge in [-0.3, -0.25) is 9.36 Å². The Bertz CT molecular complexity index is 1280. The van der Waals surface area contributed by atoms with Gasteiger partial charge in [-0.25, -0.2) is 4.79 Å². The molecule has 0 saturated carbocycles. The Morgan fingerprint density at radius 3 is 2.48 bits per heavy atom. The van der Waals surface area contributed by atoms with E-state index in [0.29, 0.717) is 24.1 Å². The van der Waals surface area contributed by atoms with Crippen molar-refractivity contribution in [1.29, 1.82) is 0 Å². The number of hydrogen-bond acceptors (Lipinski definition) is 4. The highest BCUT2D eigenvalue weighted by molar-refractivity contribution is 5.77. The molecule has 1 heterocycles. The minimum absolute atomic E-state index is 0.0153. The van der Waals surface area contributed by atoms with Crippen LogP contribution < -0.4 is 10.5 Å². The van der Waals surface area contributed by atoms with Crippen molar-refractivity contribution in [2.24, 2.45) is 0 Å².